The number of hydrogen-bond donors (Lipinski definition) is 0. The van der Waals surface area contributed by atoms with Crippen molar-refractivity contribution in [1.29, 1.82) is 0 Å². The minimum atomic E-state index is 0.403. The molecule has 0 N–H and O–H groups in total. The van der Waals surface area contributed by atoms with E-state index in [4.69, 9.17) is 21.1 Å². The van der Waals surface area contributed by atoms with Gasteiger partial charge in [0.2, 0.25) is 0 Å². The number of aromatic nitrogens is 1. The van der Waals surface area contributed by atoms with Gasteiger partial charge in [-0.3, -0.25) is 4.98 Å². The zero-order valence-corrected chi connectivity index (χ0v) is 12.3. The number of para-hydroxylation sites is 1. The van der Waals surface area contributed by atoms with Crippen molar-refractivity contribution in [1.82, 2.24) is 4.98 Å². The highest BCUT2D eigenvalue weighted by Gasteiger charge is 2.10. The van der Waals surface area contributed by atoms with Crippen LogP contribution in [0.15, 0.2) is 42.6 Å². The molecule has 0 atom stereocenters. The first-order valence-electron chi connectivity index (χ1n) is 6.68. The molecule has 4 heteroatoms. The van der Waals surface area contributed by atoms with Crippen LogP contribution in [0.4, 0.5) is 0 Å². The highest BCUT2D eigenvalue weighted by atomic mass is 35.5. The summed E-state index contributed by atoms with van der Waals surface area (Å²) in [4.78, 5) is 4.27. The molecule has 0 spiro atoms. The number of nitrogens with zero attached hydrogens (tertiary/aromatic N) is 1. The van der Waals surface area contributed by atoms with Crippen LogP contribution in [0.3, 0.4) is 0 Å². The third-order valence-electron chi connectivity index (χ3n) is 2.84. The molecule has 0 unspecified atom stereocenters. The van der Waals surface area contributed by atoms with Crippen LogP contribution in [0.25, 0.3) is 0 Å². The van der Waals surface area contributed by atoms with Gasteiger partial charge in [0.1, 0.15) is 0 Å². The average molecular weight is 292 g/mol. The van der Waals surface area contributed by atoms with Crippen molar-refractivity contribution in [2.45, 2.75) is 19.2 Å². The first-order valence-corrected chi connectivity index (χ1v) is 7.22. The number of pyridine rings is 1. The van der Waals surface area contributed by atoms with Crippen molar-refractivity contribution in [3.8, 4) is 11.5 Å². The number of rotatable bonds is 7. The Kier molecular flexibility index (Phi) is 5.69. The standard InChI is InChI=1S/C16H18ClNO2/c1-2-19-15-8-5-6-13(12-17)16(15)20-11-9-14-7-3-4-10-18-14/h3-8,10H,2,9,11-12H2,1H3. The summed E-state index contributed by atoms with van der Waals surface area (Å²) >= 11 is 5.95. The molecule has 0 bridgehead atoms. The summed E-state index contributed by atoms with van der Waals surface area (Å²) in [6, 6.07) is 11.6. The summed E-state index contributed by atoms with van der Waals surface area (Å²) in [7, 11) is 0. The van der Waals surface area contributed by atoms with E-state index in [1.54, 1.807) is 6.20 Å². The third kappa shape index (κ3) is 3.87. The number of benzene rings is 1. The molecule has 106 valence electrons. The molecule has 1 aromatic heterocycles. The average Bonchev–Trinajstić information content (AvgIpc) is 2.50. The van der Waals surface area contributed by atoms with E-state index >= 15 is 0 Å². The van der Waals surface area contributed by atoms with Gasteiger partial charge in [-0.15, -0.1) is 11.6 Å². The van der Waals surface area contributed by atoms with Crippen molar-refractivity contribution in [3.05, 3.63) is 53.9 Å². The maximum atomic E-state index is 5.95. The van der Waals surface area contributed by atoms with E-state index in [9.17, 15) is 0 Å². The smallest absolute Gasteiger partial charge is 0.165 e. The van der Waals surface area contributed by atoms with E-state index in [2.05, 4.69) is 4.98 Å². The van der Waals surface area contributed by atoms with Crippen molar-refractivity contribution in [2.24, 2.45) is 0 Å². The lowest BCUT2D eigenvalue weighted by Gasteiger charge is -2.14. The van der Waals surface area contributed by atoms with Crippen LogP contribution in [0.5, 0.6) is 11.5 Å². The second-order valence-electron chi connectivity index (χ2n) is 4.23. The van der Waals surface area contributed by atoms with Crippen LogP contribution in [-0.4, -0.2) is 18.2 Å². The van der Waals surface area contributed by atoms with Crippen LogP contribution in [0.1, 0.15) is 18.2 Å². The Morgan fingerprint density at radius 1 is 1.10 bits per heavy atom. The monoisotopic (exact) mass is 291 g/mol. The highest BCUT2D eigenvalue weighted by Crippen LogP contribution is 2.32. The summed E-state index contributed by atoms with van der Waals surface area (Å²) in [5, 5.41) is 0. The molecule has 0 saturated heterocycles. The molecule has 1 aromatic carbocycles. The fourth-order valence-electron chi connectivity index (χ4n) is 1.90. The summed E-state index contributed by atoms with van der Waals surface area (Å²) in [5.74, 6) is 1.88. The van der Waals surface area contributed by atoms with Crippen LogP contribution in [0, 0.1) is 0 Å². The van der Waals surface area contributed by atoms with Crippen LogP contribution in [-0.2, 0) is 12.3 Å². The van der Waals surface area contributed by atoms with Gasteiger partial charge < -0.3 is 9.47 Å². The Labute approximate surface area is 124 Å². The van der Waals surface area contributed by atoms with Crippen molar-refractivity contribution in [3.63, 3.8) is 0 Å². The van der Waals surface area contributed by atoms with Gasteiger partial charge in [-0.25, -0.2) is 0 Å². The SMILES string of the molecule is CCOc1cccc(CCl)c1OCCc1ccccn1. The van der Waals surface area contributed by atoms with E-state index in [0.717, 1.165) is 29.2 Å². The topological polar surface area (TPSA) is 31.4 Å². The summed E-state index contributed by atoms with van der Waals surface area (Å²) in [6.07, 6.45) is 2.54. The maximum Gasteiger partial charge on any atom is 0.165 e. The molecule has 0 aliphatic heterocycles. The molecule has 1 heterocycles. The van der Waals surface area contributed by atoms with Gasteiger partial charge in [-0.05, 0) is 25.1 Å². The zero-order valence-electron chi connectivity index (χ0n) is 11.5. The molecule has 0 radical (unpaired) electrons. The Morgan fingerprint density at radius 3 is 2.70 bits per heavy atom. The second-order valence-corrected chi connectivity index (χ2v) is 4.50. The van der Waals surface area contributed by atoms with Gasteiger partial charge in [0.15, 0.2) is 11.5 Å². The first-order chi connectivity index (χ1) is 9.85. The van der Waals surface area contributed by atoms with Crippen molar-refractivity contribution < 1.29 is 9.47 Å². The Balaban J connectivity index is 2.04. The summed E-state index contributed by atoms with van der Waals surface area (Å²) in [5.41, 5.74) is 1.95. The summed E-state index contributed by atoms with van der Waals surface area (Å²) < 4.78 is 11.4. The summed E-state index contributed by atoms with van der Waals surface area (Å²) in [6.45, 7) is 3.10. The molecule has 0 amide bonds. The number of halogens is 1. The largest absolute Gasteiger partial charge is 0.490 e. The minimum Gasteiger partial charge on any atom is -0.490 e. The molecule has 2 aromatic rings. The predicted molar refractivity (Wildman–Crippen MR) is 80.6 cm³/mol. The number of ether oxygens (including phenoxy) is 2. The molecule has 2 rings (SSSR count). The lowest BCUT2D eigenvalue weighted by atomic mass is 10.2. The third-order valence-corrected chi connectivity index (χ3v) is 3.12. The van der Waals surface area contributed by atoms with E-state index in [1.807, 2.05) is 43.3 Å². The zero-order chi connectivity index (χ0) is 14.2. The van der Waals surface area contributed by atoms with E-state index < -0.39 is 0 Å². The lowest BCUT2D eigenvalue weighted by molar-refractivity contribution is 0.276. The molecule has 0 saturated carbocycles. The van der Waals surface area contributed by atoms with Crippen molar-refractivity contribution in [2.75, 3.05) is 13.2 Å². The molecule has 3 nitrogen and oxygen atoms in total. The maximum absolute atomic E-state index is 5.95. The molecule has 20 heavy (non-hydrogen) atoms. The van der Waals surface area contributed by atoms with Crippen molar-refractivity contribution >= 4 is 11.6 Å². The van der Waals surface area contributed by atoms with E-state index in [0.29, 0.717) is 19.1 Å². The second kappa shape index (κ2) is 7.75. The van der Waals surface area contributed by atoms with Gasteiger partial charge in [0.25, 0.3) is 0 Å². The fraction of sp³-hybridized carbons (Fsp3) is 0.312. The normalized spacial score (nSPS) is 10.3. The van der Waals surface area contributed by atoms with Gasteiger partial charge in [-0.2, -0.15) is 0 Å². The molecular weight excluding hydrogens is 274 g/mol. The minimum absolute atomic E-state index is 0.403. The Bertz CT molecular complexity index is 531. The fourth-order valence-corrected chi connectivity index (χ4v) is 2.11. The Hall–Kier alpha value is -1.74. The van der Waals surface area contributed by atoms with E-state index in [1.165, 1.54) is 0 Å². The van der Waals surface area contributed by atoms with Gasteiger partial charge >= 0.3 is 0 Å². The molecular formula is C16H18ClNO2. The van der Waals surface area contributed by atoms with Gasteiger partial charge in [0.05, 0.1) is 19.1 Å². The number of alkyl halides is 1. The van der Waals surface area contributed by atoms with E-state index in [-0.39, 0.29) is 0 Å². The highest BCUT2D eigenvalue weighted by molar-refractivity contribution is 6.17. The van der Waals surface area contributed by atoms with Crippen LogP contribution in [0.2, 0.25) is 0 Å². The quantitative estimate of drug-likeness (QED) is 0.726. The van der Waals surface area contributed by atoms with Crippen LogP contribution >= 0.6 is 11.6 Å². The molecule has 0 aliphatic rings. The first kappa shape index (κ1) is 14.7. The lowest BCUT2D eigenvalue weighted by Crippen LogP contribution is -2.06. The van der Waals surface area contributed by atoms with Gasteiger partial charge in [0, 0.05) is 23.9 Å². The predicted octanol–water partition coefficient (Wildman–Crippen LogP) is 3.84. The van der Waals surface area contributed by atoms with Crippen LogP contribution < -0.4 is 9.47 Å². The van der Waals surface area contributed by atoms with Gasteiger partial charge in [-0.1, -0.05) is 18.2 Å². The Morgan fingerprint density at radius 2 is 2.00 bits per heavy atom. The number of hydrogen-bond acceptors (Lipinski definition) is 3. The molecule has 0 fully saturated rings. The molecule has 0 aliphatic carbocycles.